The first kappa shape index (κ1) is 13.5. The van der Waals surface area contributed by atoms with Crippen LogP contribution < -0.4 is 0 Å². The van der Waals surface area contributed by atoms with E-state index in [9.17, 15) is 18.0 Å². The number of benzene rings is 1. The molecule has 0 aliphatic heterocycles. The van der Waals surface area contributed by atoms with Gasteiger partial charge in [-0.05, 0) is 12.1 Å². The fourth-order valence-corrected chi connectivity index (χ4v) is 2.13. The number of nitrogens with zero attached hydrogens (tertiary/aromatic N) is 1. The lowest BCUT2D eigenvalue weighted by atomic mass is 10.1. The number of thiazole rings is 1. The number of hydrogen-bond acceptors (Lipinski definition) is 4. The second kappa shape index (κ2) is 5.00. The molecule has 7 heteroatoms. The van der Waals surface area contributed by atoms with Gasteiger partial charge in [0, 0.05) is 10.9 Å². The zero-order valence-electron chi connectivity index (χ0n) is 9.69. The maximum absolute atomic E-state index is 12.4. The molecular weight excluding hydrogens is 279 g/mol. The SMILES string of the molecule is COC(=O)c1ccc(-c2csc(C(F)(F)F)n2)cc1. The number of methoxy groups -OCH3 is 1. The number of ether oxygens (including phenoxy) is 1. The molecule has 0 saturated carbocycles. The topological polar surface area (TPSA) is 39.2 Å². The first-order valence-electron chi connectivity index (χ1n) is 5.13. The van der Waals surface area contributed by atoms with Crippen molar-refractivity contribution in [3.8, 4) is 11.3 Å². The summed E-state index contributed by atoms with van der Waals surface area (Å²) in [4.78, 5) is 14.7. The summed E-state index contributed by atoms with van der Waals surface area (Å²) in [5.41, 5.74) is 1.07. The minimum atomic E-state index is -4.44. The van der Waals surface area contributed by atoms with Gasteiger partial charge in [0.1, 0.15) is 0 Å². The molecule has 2 aromatic rings. The number of carbonyl (C=O) groups is 1. The summed E-state index contributed by atoms with van der Waals surface area (Å²) in [5.74, 6) is -0.499. The summed E-state index contributed by atoms with van der Waals surface area (Å²) >= 11 is 0.539. The van der Waals surface area contributed by atoms with Crippen molar-refractivity contribution >= 4 is 17.3 Å². The van der Waals surface area contributed by atoms with E-state index in [0.717, 1.165) is 0 Å². The Balaban J connectivity index is 2.28. The summed E-state index contributed by atoms with van der Waals surface area (Å²) in [7, 11) is 1.26. The molecule has 0 amide bonds. The lowest BCUT2D eigenvalue weighted by Gasteiger charge is -2.01. The standard InChI is InChI=1S/C12H8F3NO2S/c1-18-10(17)8-4-2-7(3-5-8)9-6-19-11(16-9)12(13,14)15/h2-6H,1H3. The molecule has 0 aliphatic carbocycles. The minimum absolute atomic E-state index is 0.230. The molecule has 0 unspecified atom stereocenters. The third kappa shape index (κ3) is 2.93. The average molecular weight is 287 g/mol. The van der Waals surface area contributed by atoms with Gasteiger partial charge in [-0.1, -0.05) is 12.1 Å². The Kier molecular flexibility index (Phi) is 3.57. The van der Waals surface area contributed by atoms with Crippen LogP contribution in [-0.4, -0.2) is 18.1 Å². The van der Waals surface area contributed by atoms with Crippen molar-refractivity contribution in [3.05, 3.63) is 40.2 Å². The molecule has 19 heavy (non-hydrogen) atoms. The molecule has 0 saturated heterocycles. The van der Waals surface area contributed by atoms with E-state index < -0.39 is 17.2 Å². The largest absolute Gasteiger partial charge is 0.465 e. The second-order valence-corrected chi connectivity index (χ2v) is 4.46. The van der Waals surface area contributed by atoms with Gasteiger partial charge in [-0.2, -0.15) is 13.2 Å². The van der Waals surface area contributed by atoms with Crippen molar-refractivity contribution in [2.45, 2.75) is 6.18 Å². The third-order valence-corrected chi connectivity index (χ3v) is 3.24. The van der Waals surface area contributed by atoms with Crippen molar-refractivity contribution in [3.63, 3.8) is 0 Å². The Hall–Kier alpha value is -1.89. The molecular formula is C12H8F3NO2S. The maximum Gasteiger partial charge on any atom is 0.443 e. The molecule has 0 atom stereocenters. The van der Waals surface area contributed by atoms with E-state index in [0.29, 0.717) is 22.5 Å². The molecule has 2 rings (SSSR count). The Bertz CT molecular complexity index is 590. The fraction of sp³-hybridized carbons (Fsp3) is 0.167. The van der Waals surface area contributed by atoms with Gasteiger partial charge >= 0.3 is 12.1 Å². The molecule has 0 radical (unpaired) electrons. The van der Waals surface area contributed by atoms with Crippen molar-refractivity contribution in [2.24, 2.45) is 0 Å². The van der Waals surface area contributed by atoms with Crippen LogP contribution >= 0.6 is 11.3 Å². The first-order valence-corrected chi connectivity index (χ1v) is 6.01. The van der Waals surface area contributed by atoms with Crippen LogP contribution in [-0.2, 0) is 10.9 Å². The van der Waals surface area contributed by atoms with Gasteiger partial charge in [-0.3, -0.25) is 0 Å². The Morgan fingerprint density at radius 3 is 2.37 bits per heavy atom. The van der Waals surface area contributed by atoms with E-state index in [-0.39, 0.29) is 5.69 Å². The van der Waals surface area contributed by atoms with Gasteiger partial charge in [0.2, 0.25) is 0 Å². The third-order valence-electron chi connectivity index (χ3n) is 2.35. The highest BCUT2D eigenvalue weighted by Gasteiger charge is 2.34. The highest BCUT2D eigenvalue weighted by Crippen LogP contribution is 2.34. The van der Waals surface area contributed by atoms with Gasteiger partial charge in [0.15, 0.2) is 5.01 Å². The molecule has 100 valence electrons. The molecule has 0 N–H and O–H groups in total. The van der Waals surface area contributed by atoms with Crippen LogP contribution in [0.4, 0.5) is 13.2 Å². The van der Waals surface area contributed by atoms with Crippen LogP contribution in [0.25, 0.3) is 11.3 Å². The monoisotopic (exact) mass is 287 g/mol. The number of carbonyl (C=O) groups excluding carboxylic acids is 1. The van der Waals surface area contributed by atoms with Crippen molar-refractivity contribution in [1.82, 2.24) is 4.98 Å². The zero-order chi connectivity index (χ0) is 14.0. The highest BCUT2D eigenvalue weighted by atomic mass is 32.1. The highest BCUT2D eigenvalue weighted by molar-refractivity contribution is 7.10. The molecule has 0 aliphatic rings. The number of esters is 1. The Labute approximate surface area is 110 Å². The fourth-order valence-electron chi connectivity index (χ4n) is 1.43. The van der Waals surface area contributed by atoms with E-state index in [1.165, 1.54) is 36.8 Å². The van der Waals surface area contributed by atoms with Crippen LogP contribution in [0, 0.1) is 0 Å². The predicted octanol–water partition coefficient (Wildman–Crippen LogP) is 3.62. The first-order chi connectivity index (χ1) is 8.91. The Morgan fingerprint density at radius 2 is 1.89 bits per heavy atom. The van der Waals surface area contributed by atoms with Crippen LogP contribution in [0.1, 0.15) is 15.4 Å². The summed E-state index contributed by atoms with van der Waals surface area (Å²) in [5, 5.41) is 0.440. The summed E-state index contributed by atoms with van der Waals surface area (Å²) in [6.07, 6.45) is -4.44. The van der Waals surface area contributed by atoms with Crippen molar-refractivity contribution < 1.29 is 22.7 Å². The van der Waals surface area contributed by atoms with Crippen LogP contribution in [0.2, 0.25) is 0 Å². The maximum atomic E-state index is 12.4. The Morgan fingerprint density at radius 1 is 1.26 bits per heavy atom. The zero-order valence-corrected chi connectivity index (χ0v) is 10.5. The minimum Gasteiger partial charge on any atom is -0.465 e. The average Bonchev–Trinajstić information content (AvgIpc) is 2.87. The molecule has 0 spiro atoms. The summed E-state index contributed by atoms with van der Waals surface area (Å²) in [6, 6.07) is 6.02. The van der Waals surface area contributed by atoms with E-state index in [4.69, 9.17) is 0 Å². The predicted molar refractivity (Wildman–Crippen MR) is 63.9 cm³/mol. The van der Waals surface area contributed by atoms with Gasteiger partial charge in [0.25, 0.3) is 0 Å². The van der Waals surface area contributed by atoms with Gasteiger partial charge in [-0.25, -0.2) is 9.78 Å². The molecule has 0 fully saturated rings. The second-order valence-electron chi connectivity index (χ2n) is 3.60. The van der Waals surface area contributed by atoms with Crippen LogP contribution in [0.15, 0.2) is 29.6 Å². The van der Waals surface area contributed by atoms with Gasteiger partial charge < -0.3 is 4.74 Å². The molecule has 1 aromatic carbocycles. The van der Waals surface area contributed by atoms with Crippen LogP contribution in [0.3, 0.4) is 0 Å². The van der Waals surface area contributed by atoms with Crippen molar-refractivity contribution in [1.29, 1.82) is 0 Å². The van der Waals surface area contributed by atoms with E-state index >= 15 is 0 Å². The number of rotatable bonds is 2. The molecule has 3 nitrogen and oxygen atoms in total. The number of halogens is 3. The summed E-state index contributed by atoms with van der Waals surface area (Å²) < 4.78 is 41.8. The lowest BCUT2D eigenvalue weighted by Crippen LogP contribution is -2.03. The quantitative estimate of drug-likeness (QED) is 0.792. The molecule has 1 aromatic heterocycles. The smallest absolute Gasteiger partial charge is 0.443 e. The van der Waals surface area contributed by atoms with E-state index in [1.807, 2.05) is 0 Å². The molecule has 1 heterocycles. The van der Waals surface area contributed by atoms with Crippen LogP contribution in [0.5, 0.6) is 0 Å². The van der Waals surface area contributed by atoms with Crippen molar-refractivity contribution in [2.75, 3.05) is 7.11 Å². The number of hydrogen-bond donors (Lipinski definition) is 0. The molecule has 0 bridgehead atoms. The number of aromatic nitrogens is 1. The lowest BCUT2D eigenvalue weighted by molar-refractivity contribution is -0.137. The summed E-state index contributed by atoms with van der Waals surface area (Å²) in [6.45, 7) is 0. The van der Waals surface area contributed by atoms with E-state index in [2.05, 4.69) is 9.72 Å². The normalized spacial score (nSPS) is 11.4. The number of alkyl halides is 3. The van der Waals surface area contributed by atoms with Gasteiger partial charge in [-0.15, -0.1) is 11.3 Å². The van der Waals surface area contributed by atoms with Gasteiger partial charge in [0.05, 0.1) is 18.4 Å². The van der Waals surface area contributed by atoms with E-state index in [1.54, 1.807) is 0 Å².